The van der Waals surface area contributed by atoms with E-state index in [1.807, 2.05) is 32.4 Å². The molecular weight excluding hydrogens is 276 g/mol. The predicted octanol–water partition coefficient (Wildman–Crippen LogP) is 1.54. The summed E-state index contributed by atoms with van der Waals surface area (Å²) in [6, 6.07) is 0. The SMILES string of the molecule is CCNC(C)(CC(C)Sc1nnc(C)n1C)C(=O)OC. The van der Waals surface area contributed by atoms with E-state index in [1.54, 1.807) is 11.8 Å². The number of hydrogen-bond acceptors (Lipinski definition) is 6. The molecule has 1 aromatic heterocycles. The van der Waals surface area contributed by atoms with Gasteiger partial charge in [-0.25, -0.2) is 0 Å². The van der Waals surface area contributed by atoms with Crippen molar-refractivity contribution in [3.05, 3.63) is 5.82 Å². The van der Waals surface area contributed by atoms with Crippen molar-refractivity contribution in [2.75, 3.05) is 13.7 Å². The lowest BCUT2D eigenvalue weighted by Gasteiger charge is -2.29. The third-order valence-electron chi connectivity index (χ3n) is 3.26. The van der Waals surface area contributed by atoms with Crippen LogP contribution >= 0.6 is 11.8 Å². The molecule has 2 unspecified atom stereocenters. The second kappa shape index (κ2) is 7.08. The maximum absolute atomic E-state index is 12.0. The molecule has 7 heteroatoms. The molecule has 114 valence electrons. The maximum Gasteiger partial charge on any atom is 0.325 e. The van der Waals surface area contributed by atoms with Crippen molar-refractivity contribution in [2.24, 2.45) is 7.05 Å². The van der Waals surface area contributed by atoms with Gasteiger partial charge in [0.1, 0.15) is 11.4 Å². The molecule has 6 nitrogen and oxygen atoms in total. The molecule has 0 saturated heterocycles. The smallest absolute Gasteiger partial charge is 0.325 e. The van der Waals surface area contributed by atoms with Gasteiger partial charge in [0.15, 0.2) is 5.16 Å². The van der Waals surface area contributed by atoms with Crippen LogP contribution in [0.15, 0.2) is 5.16 Å². The van der Waals surface area contributed by atoms with Crippen molar-refractivity contribution >= 4 is 17.7 Å². The highest BCUT2D eigenvalue weighted by molar-refractivity contribution is 7.99. The number of likely N-dealkylation sites (N-methyl/N-ethyl adjacent to an activating group) is 1. The highest BCUT2D eigenvalue weighted by Crippen LogP contribution is 2.28. The van der Waals surface area contributed by atoms with Gasteiger partial charge in [-0.05, 0) is 26.8 Å². The average molecular weight is 300 g/mol. The number of carbonyl (C=O) groups excluding carboxylic acids is 1. The van der Waals surface area contributed by atoms with Crippen molar-refractivity contribution in [2.45, 2.75) is 50.1 Å². The number of thioether (sulfide) groups is 1. The summed E-state index contributed by atoms with van der Waals surface area (Å²) in [6.45, 7) is 8.56. The third kappa shape index (κ3) is 3.96. The van der Waals surface area contributed by atoms with Crippen LogP contribution < -0.4 is 5.32 Å². The van der Waals surface area contributed by atoms with Gasteiger partial charge in [0.2, 0.25) is 0 Å². The summed E-state index contributed by atoms with van der Waals surface area (Å²) in [5.74, 6) is 0.642. The molecule has 0 aromatic carbocycles. The number of esters is 1. The van der Waals surface area contributed by atoms with Crippen LogP contribution in [-0.4, -0.2) is 45.2 Å². The van der Waals surface area contributed by atoms with Gasteiger partial charge in [-0.3, -0.25) is 4.79 Å². The Balaban J connectivity index is 2.74. The van der Waals surface area contributed by atoms with Crippen molar-refractivity contribution in [3.8, 4) is 0 Å². The molecular formula is C13H24N4O2S. The topological polar surface area (TPSA) is 69.0 Å². The van der Waals surface area contributed by atoms with Crippen LogP contribution in [0.1, 0.15) is 33.0 Å². The van der Waals surface area contributed by atoms with Crippen LogP contribution in [0, 0.1) is 6.92 Å². The monoisotopic (exact) mass is 300 g/mol. The summed E-state index contributed by atoms with van der Waals surface area (Å²) in [4.78, 5) is 12.0. The first kappa shape index (κ1) is 17.0. The Morgan fingerprint density at radius 3 is 2.65 bits per heavy atom. The summed E-state index contributed by atoms with van der Waals surface area (Å²) in [5.41, 5.74) is -0.677. The van der Waals surface area contributed by atoms with Gasteiger partial charge < -0.3 is 14.6 Å². The number of nitrogens with one attached hydrogen (secondary N) is 1. The predicted molar refractivity (Wildman–Crippen MR) is 79.8 cm³/mol. The zero-order valence-corrected chi connectivity index (χ0v) is 13.9. The first-order valence-corrected chi connectivity index (χ1v) is 7.58. The van der Waals surface area contributed by atoms with E-state index in [1.165, 1.54) is 7.11 Å². The zero-order chi connectivity index (χ0) is 15.3. The molecule has 1 N–H and O–H groups in total. The Morgan fingerprint density at radius 2 is 2.20 bits per heavy atom. The van der Waals surface area contributed by atoms with E-state index in [4.69, 9.17) is 4.74 Å². The maximum atomic E-state index is 12.0. The number of aromatic nitrogens is 3. The van der Waals surface area contributed by atoms with Gasteiger partial charge in [-0.2, -0.15) is 0 Å². The van der Waals surface area contributed by atoms with E-state index in [0.717, 1.165) is 11.0 Å². The molecule has 20 heavy (non-hydrogen) atoms. The molecule has 0 fully saturated rings. The van der Waals surface area contributed by atoms with Crippen molar-refractivity contribution in [1.29, 1.82) is 0 Å². The van der Waals surface area contributed by atoms with E-state index in [-0.39, 0.29) is 11.2 Å². The fourth-order valence-electron chi connectivity index (χ4n) is 2.13. The van der Waals surface area contributed by atoms with Crippen LogP contribution in [0.4, 0.5) is 0 Å². The first-order valence-electron chi connectivity index (χ1n) is 6.70. The standard InChI is InChI=1S/C13H24N4O2S/c1-7-14-13(4,11(18)19-6)8-9(2)20-12-16-15-10(3)17(12)5/h9,14H,7-8H2,1-6H3. The second-order valence-electron chi connectivity index (χ2n) is 5.08. The molecule has 0 spiro atoms. The fraction of sp³-hybridized carbons (Fsp3) is 0.769. The van der Waals surface area contributed by atoms with Gasteiger partial charge in [0.05, 0.1) is 7.11 Å². The van der Waals surface area contributed by atoms with Crippen molar-refractivity contribution < 1.29 is 9.53 Å². The Kier molecular flexibility index (Phi) is 6.01. The molecule has 0 aliphatic rings. The van der Waals surface area contributed by atoms with Gasteiger partial charge >= 0.3 is 5.97 Å². The number of nitrogens with zero attached hydrogens (tertiary/aromatic N) is 3. The highest BCUT2D eigenvalue weighted by atomic mass is 32.2. The minimum atomic E-state index is -0.677. The average Bonchev–Trinajstić information content (AvgIpc) is 2.69. The zero-order valence-electron chi connectivity index (χ0n) is 13.1. The summed E-state index contributed by atoms with van der Waals surface area (Å²) in [7, 11) is 3.36. The van der Waals surface area contributed by atoms with Gasteiger partial charge in [-0.1, -0.05) is 25.6 Å². The normalized spacial score (nSPS) is 15.7. The Labute approximate surface area is 124 Å². The van der Waals surface area contributed by atoms with Crippen LogP contribution in [0.5, 0.6) is 0 Å². The quantitative estimate of drug-likeness (QED) is 0.608. The van der Waals surface area contributed by atoms with Gasteiger partial charge in [0, 0.05) is 12.3 Å². The number of hydrogen-bond donors (Lipinski definition) is 1. The summed E-state index contributed by atoms with van der Waals surface area (Å²) >= 11 is 1.61. The van der Waals surface area contributed by atoms with Crippen molar-refractivity contribution in [1.82, 2.24) is 20.1 Å². The fourth-order valence-corrected chi connectivity index (χ4v) is 3.28. The van der Waals surface area contributed by atoms with Crippen LogP contribution in [0.25, 0.3) is 0 Å². The van der Waals surface area contributed by atoms with Gasteiger partial charge in [-0.15, -0.1) is 10.2 Å². The van der Waals surface area contributed by atoms with Crippen molar-refractivity contribution in [3.63, 3.8) is 0 Å². The molecule has 0 aliphatic carbocycles. The van der Waals surface area contributed by atoms with E-state index >= 15 is 0 Å². The molecule has 2 atom stereocenters. The Morgan fingerprint density at radius 1 is 1.55 bits per heavy atom. The lowest BCUT2D eigenvalue weighted by molar-refractivity contribution is -0.148. The summed E-state index contributed by atoms with van der Waals surface area (Å²) in [5, 5.41) is 12.5. The molecule has 0 bridgehead atoms. The van der Waals surface area contributed by atoms with Crippen LogP contribution in [0.2, 0.25) is 0 Å². The molecule has 0 amide bonds. The Hall–Kier alpha value is -1.08. The minimum absolute atomic E-state index is 0.209. The summed E-state index contributed by atoms with van der Waals surface area (Å²) < 4.78 is 6.85. The number of methoxy groups -OCH3 is 1. The lowest BCUT2D eigenvalue weighted by Crippen LogP contribution is -2.51. The molecule has 1 rings (SSSR count). The first-order chi connectivity index (χ1) is 9.34. The van der Waals surface area contributed by atoms with Gasteiger partial charge in [0.25, 0.3) is 0 Å². The lowest BCUT2D eigenvalue weighted by atomic mass is 9.96. The molecule has 1 aromatic rings. The number of rotatable bonds is 7. The Bertz CT molecular complexity index is 463. The number of carbonyl (C=O) groups is 1. The number of ether oxygens (including phenoxy) is 1. The van der Waals surface area contributed by atoms with E-state index in [9.17, 15) is 4.79 Å². The largest absolute Gasteiger partial charge is 0.468 e. The molecule has 0 aliphatic heterocycles. The third-order valence-corrected chi connectivity index (χ3v) is 4.39. The number of aryl methyl sites for hydroxylation is 1. The van der Waals surface area contributed by atoms with Crippen LogP contribution in [0.3, 0.4) is 0 Å². The second-order valence-corrected chi connectivity index (χ2v) is 6.48. The van der Waals surface area contributed by atoms with E-state index in [0.29, 0.717) is 13.0 Å². The highest BCUT2D eigenvalue weighted by Gasteiger charge is 2.35. The van der Waals surface area contributed by atoms with E-state index < -0.39 is 5.54 Å². The molecule has 0 radical (unpaired) electrons. The van der Waals surface area contributed by atoms with Crippen LogP contribution in [-0.2, 0) is 16.6 Å². The summed E-state index contributed by atoms with van der Waals surface area (Å²) in [6.07, 6.45) is 0.657. The van der Waals surface area contributed by atoms with E-state index in [2.05, 4.69) is 22.4 Å². The minimum Gasteiger partial charge on any atom is -0.468 e. The molecule has 1 heterocycles. The molecule has 0 saturated carbocycles.